The Balaban J connectivity index is 1.75. The fourth-order valence-corrected chi connectivity index (χ4v) is 4.78. The van der Waals surface area contributed by atoms with E-state index in [1.165, 1.54) is 6.42 Å². The van der Waals surface area contributed by atoms with Gasteiger partial charge in [-0.3, -0.25) is 14.5 Å². The van der Waals surface area contributed by atoms with Gasteiger partial charge in [0.2, 0.25) is 5.91 Å². The fourth-order valence-electron chi connectivity index (χ4n) is 4.78. The lowest BCUT2D eigenvalue weighted by atomic mass is 9.77. The molecule has 184 valence electrons. The molecule has 1 aliphatic rings. The highest BCUT2D eigenvalue weighted by atomic mass is 16.5. The van der Waals surface area contributed by atoms with Gasteiger partial charge >= 0.3 is 5.97 Å². The van der Waals surface area contributed by atoms with E-state index < -0.39 is 17.3 Å². The maximum absolute atomic E-state index is 12.5. The minimum Gasteiger partial charge on any atom is -0.458 e. The van der Waals surface area contributed by atoms with E-state index in [4.69, 9.17) is 10.5 Å². The van der Waals surface area contributed by atoms with Crippen molar-refractivity contribution in [2.45, 2.75) is 84.3 Å². The van der Waals surface area contributed by atoms with Gasteiger partial charge in [0.1, 0.15) is 6.61 Å². The van der Waals surface area contributed by atoms with Crippen LogP contribution in [0, 0.1) is 5.41 Å². The van der Waals surface area contributed by atoms with Crippen LogP contribution < -0.4 is 11.1 Å². The Bertz CT molecular complexity index is 797. The normalized spacial score (nSPS) is 21.2. The van der Waals surface area contributed by atoms with Crippen molar-refractivity contribution in [2.24, 2.45) is 11.1 Å². The second-order valence-electron chi connectivity index (χ2n) is 10.7. The summed E-state index contributed by atoms with van der Waals surface area (Å²) in [5.41, 5.74) is 5.72. The zero-order valence-electron chi connectivity index (χ0n) is 20.9. The average molecular weight is 460 g/mol. The maximum Gasteiger partial charge on any atom is 0.379 e. The van der Waals surface area contributed by atoms with Crippen LogP contribution in [0.2, 0.25) is 0 Å². The Kier molecular flexibility index (Phi) is 9.61. The van der Waals surface area contributed by atoms with Gasteiger partial charge in [-0.2, -0.15) is 0 Å². The smallest absolute Gasteiger partial charge is 0.379 e. The second-order valence-corrected chi connectivity index (χ2v) is 10.7. The Labute approximate surface area is 198 Å². The van der Waals surface area contributed by atoms with Crippen molar-refractivity contribution in [3.05, 3.63) is 35.9 Å². The van der Waals surface area contributed by atoms with Crippen molar-refractivity contribution in [1.29, 1.82) is 0 Å². The molecule has 1 aliphatic heterocycles. The highest BCUT2D eigenvalue weighted by Crippen LogP contribution is 2.30. The lowest BCUT2D eigenvalue weighted by molar-refractivity contribution is -0.140. The standard InChI is InChI=1S/C26H41N3O4/c1-19-10-9-11-20(2)29(19)16-22(30)28-15-14-25(3,4)17-26(5,27)18-33-24(32)23(31)21-12-7-6-8-13-21/h6-8,12-13,19-20H,9-11,14-18,27H2,1-5H3,(H,28,30)/t19?,20?,26-/m1/s1. The topological polar surface area (TPSA) is 102 Å². The van der Waals surface area contributed by atoms with Crippen LogP contribution in [-0.2, 0) is 14.3 Å². The van der Waals surface area contributed by atoms with E-state index in [-0.39, 0.29) is 17.9 Å². The number of piperidine rings is 1. The number of rotatable bonds is 11. The van der Waals surface area contributed by atoms with Crippen LogP contribution in [0.3, 0.4) is 0 Å². The highest BCUT2D eigenvalue weighted by Gasteiger charge is 2.32. The van der Waals surface area contributed by atoms with Crippen LogP contribution >= 0.6 is 0 Å². The van der Waals surface area contributed by atoms with Crippen LogP contribution in [0.5, 0.6) is 0 Å². The number of amides is 1. The first-order valence-corrected chi connectivity index (χ1v) is 12.0. The summed E-state index contributed by atoms with van der Waals surface area (Å²) in [6.07, 6.45) is 4.82. The number of nitrogens with one attached hydrogen (secondary N) is 1. The minimum absolute atomic E-state index is 0.0507. The van der Waals surface area contributed by atoms with Crippen molar-refractivity contribution >= 4 is 17.7 Å². The zero-order chi connectivity index (χ0) is 24.6. The number of ether oxygens (including phenoxy) is 1. The summed E-state index contributed by atoms with van der Waals surface area (Å²) in [5.74, 6) is -1.52. The average Bonchev–Trinajstić information content (AvgIpc) is 2.74. The molecule has 1 fully saturated rings. The molecule has 7 nitrogen and oxygen atoms in total. The number of Topliss-reactive ketones (excluding diaryl/α,β-unsaturated/α-hetero) is 1. The summed E-state index contributed by atoms with van der Waals surface area (Å²) in [4.78, 5) is 39.1. The number of hydrogen-bond donors (Lipinski definition) is 2. The molecule has 0 aliphatic carbocycles. The minimum atomic E-state index is -0.899. The summed E-state index contributed by atoms with van der Waals surface area (Å²) in [6, 6.07) is 9.20. The molecule has 0 aromatic heterocycles. The molecular formula is C26H41N3O4. The Morgan fingerprint density at radius 1 is 1.09 bits per heavy atom. The van der Waals surface area contributed by atoms with E-state index in [1.54, 1.807) is 30.3 Å². The van der Waals surface area contributed by atoms with Crippen molar-refractivity contribution < 1.29 is 19.1 Å². The highest BCUT2D eigenvalue weighted by molar-refractivity contribution is 6.40. The predicted molar refractivity (Wildman–Crippen MR) is 130 cm³/mol. The molecule has 0 spiro atoms. The van der Waals surface area contributed by atoms with Gasteiger partial charge in [-0.25, -0.2) is 4.79 Å². The quantitative estimate of drug-likeness (QED) is 0.299. The van der Waals surface area contributed by atoms with Crippen molar-refractivity contribution in [3.63, 3.8) is 0 Å². The van der Waals surface area contributed by atoms with Crippen molar-refractivity contribution in [2.75, 3.05) is 19.7 Å². The molecule has 1 saturated heterocycles. The zero-order valence-corrected chi connectivity index (χ0v) is 20.9. The monoisotopic (exact) mass is 459 g/mol. The number of ketones is 1. The van der Waals surface area contributed by atoms with E-state index in [1.807, 2.05) is 6.92 Å². The van der Waals surface area contributed by atoms with Crippen LogP contribution in [0.1, 0.15) is 77.1 Å². The van der Waals surface area contributed by atoms with Gasteiger partial charge in [0.15, 0.2) is 0 Å². The molecule has 1 aromatic carbocycles. The molecule has 1 amide bonds. The predicted octanol–water partition coefficient (Wildman–Crippen LogP) is 3.32. The SMILES string of the molecule is CC1CCCC(C)N1CC(=O)NCCC(C)(C)C[C@@](C)(N)COC(=O)C(=O)c1ccccc1. The molecule has 0 bridgehead atoms. The van der Waals surface area contributed by atoms with E-state index >= 15 is 0 Å². The summed E-state index contributed by atoms with van der Waals surface area (Å²) in [7, 11) is 0. The van der Waals surface area contributed by atoms with Gasteiger partial charge in [-0.1, -0.05) is 50.6 Å². The third kappa shape index (κ3) is 8.89. The Hall–Kier alpha value is -2.25. The molecule has 1 aromatic rings. The van der Waals surface area contributed by atoms with Crippen LogP contribution in [0.15, 0.2) is 30.3 Å². The molecular weight excluding hydrogens is 418 g/mol. The molecule has 2 rings (SSSR count). The third-order valence-corrected chi connectivity index (χ3v) is 6.46. The van der Waals surface area contributed by atoms with Gasteiger partial charge in [0, 0.05) is 29.7 Å². The van der Waals surface area contributed by atoms with E-state index in [9.17, 15) is 14.4 Å². The first kappa shape index (κ1) is 27.0. The number of benzene rings is 1. The van der Waals surface area contributed by atoms with Crippen LogP contribution in [-0.4, -0.2) is 59.9 Å². The second kappa shape index (κ2) is 11.7. The van der Waals surface area contributed by atoms with Gasteiger partial charge in [-0.15, -0.1) is 0 Å². The number of esters is 1. The maximum atomic E-state index is 12.5. The third-order valence-electron chi connectivity index (χ3n) is 6.46. The molecule has 33 heavy (non-hydrogen) atoms. The number of nitrogens with two attached hydrogens (primary N) is 1. The molecule has 7 heteroatoms. The molecule has 3 atom stereocenters. The number of carbonyl (C=O) groups is 3. The number of likely N-dealkylation sites (tertiary alicyclic amines) is 1. The lowest BCUT2D eigenvalue weighted by Crippen LogP contribution is -2.49. The van der Waals surface area contributed by atoms with E-state index in [0.29, 0.717) is 37.2 Å². The van der Waals surface area contributed by atoms with Gasteiger partial charge in [0.05, 0.1) is 6.54 Å². The fraction of sp³-hybridized carbons (Fsp3) is 0.654. The Morgan fingerprint density at radius 2 is 1.70 bits per heavy atom. The van der Waals surface area contributed by atoms with Crippen LogP contribution in [0.4, 0.5) is 0 Å². The van der Waals surface area contributed by atoms with Crippen LogP contribution in [0.25, 0.3) is 0 Å². The molecule has 2 unspecified atom stereocenters. The largest absolute Gasteiger partial charge is 0.458 e. The number of carbonyl (C=O) groups excluding carboxylic acids is 3. The van der Waals surface area contributed by atoms with Gasteiger partial charge in [0.25, 0.3) is 5.78 Å². The molecule has 0 radical (unpaired) electrons. The summed E-state index contributed by atoms with van der Waals surface area (Å²) in [6.45, 7) is 11.3. The summed E-state index contributed by atoms with van der Waals surface area (Å²) in [5, 5.41) is 3.04. The first-order valence-electron chi connectivity index (χ1n) is 12.0. The number of nitrogens with zero attached hydrogens (tertiary/aromatic N) is 1. The van der Waals surface area contributed by atoms with Gasteiger partial charge in [-0.05, 0) is 51.9 Å². The molecule has 1 heterocycles. The van der Waals surface area contributed by atoms with Gasteiger partial charge < -0.3 is 15.8 Å². The summed E-state index contributed by atoms with van der Waals surface area (Å²) < 4.78 is 5.23. The lowest BCUT2D eigenvalue weighted by Gasteiger charge is -2.38. The van der Waals surface area contributed by atoms with Crippen molar-refractivity contribution in [1.82, 2.24) is 10.2 Å². The molecule has 0 saturated carbocycles. The van der Waals surface area contributed by atoms with Crippen molar-refractivity contribution in [3.8, 4) is 0 Å². The summed E-state index contributed by atoms with van der Waals surface area (Å²) >= 11 is 0. The first-order chi connectivity index (χ1) is 15.4. The molecule has 3 N–H and O–H groups in total. The number of hydrogen-bond acceptors (Lipinski definition) is 6. The Morgan fingerprint density at radius 3 is 2.30 bits per heavy atom. The van der Waals surface area contributed by atoms with E-state index in [2.05, 4.69) is 37.9 Å². The van der Waals surface area contributed by atoms with E-state index in [0.717, 1.165) is 19.3 Å².